The number of hydrogen-bond donors (Lipinski definition) is 1. The molecule has 0 aliphatic carbocycles. The van der Waals surface area contributed by atoms with Crippen LogP contribution in [0, 0.1) is 16.0 Å². The molecule has 1 aliphatic rings. The summed E-state index contributed by atoms with van der Waals surface area (Å²) in [5, 5.41) is 13.5. The molecule has 0 radical (unpaired) electrons. The molecule has 1 fully saturated rings. The number of likely N-dealkylation sites (tertiary alicyclic amines) is 1. The maximum atomic E-state index is 12.1. The van der Waals surface area contributed by atoms with Crippen LogP contribution in [0.5, 0.6) is 0 Å². The highest BCUT2D eigenvalue weighted by Gasteiger charge is 2.21. The van der Waals surface area contributed by atoms with Gasteiger partial charge in [-0.1, -0.05) is 18.5 Å². The van der Waals surface area contributed by atoms with E-state index in [0.29, 0.717) is 24.7 Å². The summed E-state index contributed by atoms with van der Waals surface area (Å²) in [5.41, 5.74) is 0.168. The van der Waals surface area contributed by atoms with E-state index in [0.717, 1.165) is 12.8 Å². The molecule has 0 aromatic heterocycles. The molecule has 0 atom stereocenters. The monoisotopic (exact) mass is 297 g/mol. The number of nitro groups is 1. The SMILES string of the molecule is CC1CCN(C(=O)Nc2ccc(Cl)c([N+](=O)[O-])c2)CC1. The summed E-state index contributed by atoms with van der Waals surface area (Å²) in [7, 11) is 0. The zero-order chi connectivity index (χ0) is 14.7. The van der Waals surface area contributed by atoms with Gasteiger partial charge in [0.25, 0.3) is 5.69 Å². The number of hydrogen-bond acceptors (Lipinski definition) is 3. The summed E-state index contributed by atoms with van der Waals surface area (Å²) in [6.07, 6.45) is 1.96. The van der Waals surface area contributed by atoms with Crippen molar-refractivity contribution < 1.29 is 9.72 Å². The van der Waals surface area contributed by atoms with Gasteiger partial charge in [0.15, 0.2) is 0 Å². The van der Waals surface area contributed by atoms with Crippen LogP contribution in [-0.4, -0.2) is 28.9 Å². The Kier molecular flexibility index (Phi) is 4.44. The molecule has 1 saturated heterocycles. The van der Waals surface area contributed by atoms with Crippen LogP contribution in [-0.2, 0) is 0 Å². The normalized spacial score (nSPS) is 16.0. The predicted molar refractivity (Wildman–Crippen MR) is 77.1 cm³/mol. The Bertz CT molecular complexity index is 528. The van der Waals surface area contributed by atoms with Crippen molar-refractivity contribution in [3.63, 3.8) is 0 Å². The molecule has 7 heteroatoms. The summed E-state index contributed by atoms with van der Waals surface area (Å²) in [6, 6.07) is 4.01. The summed E-state index contributed by atoms with van der Waals surface area (Å²) in [6.45, 7) is 3.59. The standard InChI is InChI=1S/C13H16ClN3O3/c1-9-4-6-16(7-5-9)13(18)15-10-2-3-11(14)12(8-10)17(19)20/h2-3,8-9H,4-7H2,1H3,(H,15,18). The van der Waals surface area contributed by atoms with Crippen molar-refractivity contribution in [1.29, 1.82) is 0 Å². The Hall–Kier alpha value is -1.82. The third-order valence-corrected chi connectivity index (χ3v) is 3.78. The quantitative estimate of drug-likeness (QED) is 0.670. The number of rotatable bonds is 2. The molecule has 1 aliphatic heterocycles. The van der Waals surface area contributed by atoms with Crippen molar-refractivity contribution in [2.75, 3.05) is 18.4 Å². The molecule has 1 heterocycles. The molecule has 6 nitrogen and oxygen atoms in total. The first-order chi connectivity index (χ1) is 9.47. The van der Waals surface area contributed by atoms with E-state index in [2.05, 4.69) is 12.2 Å². The first-order valence-corrected chi connectivity index (χ1v) is 6.85. The summed E-state index contributed by atoms with van der Waals surface area (Å²) in [4.78, 5) is 24.0. The molecule has 1 N–H and O–H groups in total. The average Bonchev–Trinajstić information content (AvgIpc) is 2.41. The van der Waals surface area contributed by atoms with Gasteiger partial charge in [-0.05, 0) is 30.9 Å². The van der Waals surface area contributed by atoms with Gasteiger partial charge in [-0.2, -0.15) is 0 Å². The second kappa shape index (κ2) is 6.09. The van der Waals surface area contributed by atoms with E-state index in [1.54, 1.807) is 11.0 Å². The Morgan fingerprint density at radius 1 is 1.45 bits per heavy atom. The Labute approximate surface area is 121 Å². The minimum Gasteiger partial charge on any atom is -0.325 e. The summed E-state index contributed by atoms with van der Waals surface area (Å²) >= 11 is 5.73. The average molecular weight is 298 g/mol. The second-order valence-corrected chi connectivity index (χ2v) is 5.43. The Morgan fingerprint density at radius 3 is 2.70 bits per heavy atom. The molecule has 2 rings (SSSR count). The van der Waals surface area contributed by atoms with Crippen molar-refractivity contribution in [2.24, 2.45) is 5.92 Å². The molecule has 0 spiro atoms. The number of benzene rings is 1. The third kappa shape index (κ3) is 3.39. The molecule has 0 saturated carbocycles. The van der Waals surface area contributed by atoms with Gasteiger partial charge in [0.2, 0.25) is 0 Å². The fourth-order valence-electron chi connectivity index (χ4n) is 2.14. The smallest absolute Gasteiger partial charge is 0.321 e. The van der Waals surface area contributed by atoms with E-state index < -0.39 is 4.92 Å². The van der Waals surface area contributed by atoms with Crippen molar-refractivity contribution in [1.82, 2.24) is 4.90 Å². The van der Waals surface area contributed by atoms with Gasteiger partial charge >= 0.3 is 6.03 Å². The lowest BCUT2D eigenvalue weighted by Gasteiger charge is -2.30. The van der Waals surface area contributed by atoms with Gasteiger partial charge in [-0.25, -0.2) is 4.79 Å². The van der Waals surface area contributed by atoms with Crippen LogP contribution in [0.3, 0.4) is 0 Å². The molecule has 1 aromatic carbocycles. The molecule has 2 amide bonds. The van der Waals surface area contributed by atoms with Gasteiger partial charge in [-0.3, -0.25) is 10.1 Å². The maximum Gasteiger partial charge on any atom is 0.321 e. The first kappa shape index (κ1) is 14.6. The number of piperidine rings is 1. The number of carbonyl (C=O) groups is 1. The van der Waals surface area contributed by atoms with E-state index in [-0.39, 0.29) is 16.7 Å². The number of amides is 2. The third-order valence-electron chi connectivity index (χ3n) is 3.46. The number of nitrogens with zero attached hydrogens (tertiary/aromatic N) is 2. The van der Waals surface area contributed by atoms with E-state index in [1.807, 2.05) is 0 Å². The largest absolute Gasteiger partial charge is 0.325 e. The predicted octanol–water partition coefficient (Wildman–Crippen LogP) is 3.51. The summed E-state index contributed by atoms with van der Waals surface area (Å²) < 4.78 is 0. The molecule has 20 heavy (non-hydrogen) atoms. The number of nitro benzene ring substituents is 1. The topological polar surface area (TPSA) is 75.5 Å². The molecule has 1 aromatic rings. The van der Waals surface area contributed by atoms with Crippen molar-refractivity contribution >= 4 is 29.0 Å². The van der Waals surface area contributed by atoms with Crippen molar-refractivity contribution in [3.8, 4) is 0 Å². The lowest BCUT2D eigenvalue weighted by Crippen LogP contribution is -2.40. The molecular formula is C13H16ClN3O3. The first-order valence-electron chi connectivity index (χ1n) is 6.47. The van der Waals surface area contributed by atoms with Crippen LogP contribution in [0.25, 0.3) is 0 Å². The van der Waals surface area contributed by atoms with Gasteiger partial charge in [-0.15, -0.1) is 0 Å². The van der Waals surface area contributed by atoms with E-state index in [9.17, 15) is 14.9 Å². The zero-order valence-corrected chi connectivity index (χ0v) is 11.9. The van der Waals surface area contributed by atoms with Crippen LogP contribution < -0.4 is 5.32 Å². The molecule has 108 valence electrons. The molecule has 0 unspecified atom stereocenters. The number of urea groups is 1. The lowest BCUT2D eigenvalue weighted by atomic mass is 10.00. The number of nitrogens with one attached hydrogen (secondary N) is 1. The van der Waals surface area contributed by atoms with Gasteiger partial charge in [0.1, 0.15) is 5.02 Å². The van der Waals surface area contributed by atoms with Gasteiger partial charge in [0, 0.05) is 24.8 Å². The highest BCUT2D eigenvalue weighted by molar-refractivity contribution is 6.32. The minimum absolute atomic E-state index is 0.0554. The van der Waals surface area contributed by atoms with E-state index >= 15 is 0 Å². The maximum absolute atomic E-state index is 12.1. The summed E-state index contributed by atoms with van der Waals surface area (Å²) in [5.74, 6) is 0.635. The highest BCUT2D eigenvalue weighted by atomic mass is 35.5. The fourth-order valence-corrected chi connectivity index (χ4v) is 2.33. The van der Waals surface area contributed by atoms with Gasteiger partial charge < -0.3 is 10.2 Å². The van der Waals surface area contributed by atoms with E-state index in [1.165, 1.54) is 12.1 Å². The highest BCUT2D eigenvalue weighted by Crippen LogP contribution is 2.27. The lowest BCUT2D eigenvalue weighted by molar-refractivity contribution is -0.384. The second-order valence-electron chi connectivity index (χ2n) is 5.02. The zero-order valence-electron chi connectivity index (χ0n) is 11.1. The van der Waals surface area contributed by atoms with Gasteiger partial charge in [0.05, 0.1) is 4.92 Å². The van der Waals surface area contributed by atoms with Crippen LogP contribution in [0.2, 0.25) is 5.02 Å². The number of anilines is 1. The Balaban J connectivity index is 2.04. The van der Waals surface area contributed by atoms with Crippen molar-refractivity contribution in [2.45, 2.75) is 19.8 Å². The number of halogens is 1. The minimum atomic E-state index is -0.569. The van der Waals surface area contributed by atoms with Crippen LogP contribution >= 0.6 is 11.6 Å². The molecule has 0 bridgehead atoms. The van der Waals surface area contributed by atoms with Crippen LogP contribution in [0.4, 0.5) is 16.2 Å². The Morgan fingerprint density at radius 2 is 2.10 bits per heavy atom. The van der Waals surface area contributed by atoms with Crippen LogP contribution in [0.1, 0.15) is 19.8 Å². The van der Waals surface area contributed by atoms with E-state index in [4.69, 9.17) is 11.6 Å². The fraction of sp³-hybridized carbons (Fsp3) is 0.462. The van der Waals surface area contributed by atoms with Crippen LogP contribution in [0.15, 0.2) is 18.2 Å². The number of carbonyl (C=O) groups excluding carboxylic acids is 1. The van der Waals surface area contributed by atoms with Crippen molar-refractivity contribution in [3.05, 3.63) is 33.3 Å². The molecular weight excluding hydrogens is 282 g/mol.